The Hall–Kier alpha value is -0.830. The number of hydrogen-bond donors (Lipinski definition) is 1. The molecule has 2 heterocycles. The van der Waals surface area contributed by atoms with Crippen molar-refractivity contribution < 1.29 is 0 Å². The molecule has 0 aromatic carbocycles. The van der Waals surface area contributed by atoms with Crippen LogP contribution >= 0.6 is 12.2 Å². The standard InChI is InChI=1S/C9H12N2S/c12-9-5-3-4-8(10-9)11-6-1-2-7-11/h3-5H,1-2,6-7H2,(H,10,12). The van der Waals surface area contributed by atoms with Crippen LogP contribution in [-0.4, -0.2) is 18.1 Å². The van der Waals surface area contributed by atoms with Crippen LogP contribution in [0.1, 0.15) is 12.8 Å². The molecule has 1 aromatic rings. The lowest BCUT2D eigenvalue weighted by Gasteiger charge is -2.16. The minimum Gasteiger partial charge on any atom is -0.358 e. The minimum absolute atomic E-state index is 0.819. The summed E-state index contributed by atoms with van der Waals surface area (Å²) in [4.78, 5) is 5.53. The van der Waals surface area contributed by atoms with Gasteiger partial charge in [-0.15, -0.1) is 0 Å². The van der Waals surface area contributed by atoms with Crippen molar-refractivity contribution in [3.05, 3.63) is 22.8 Å². The van der Waals surface area contributed by atoms with Crippen molar-refractivity contribution in [1.29, 1.82) is 0 Å². The van der Waals surface area contributed by atoms with E-state index in [4.69, 9.17) is 12.2 Å². The molecule has 2 nitrogen and oxygen atoms in total. The highest BCUT2D eigenvalue weighted by Crippen LogP contribution is 2.16. The van der Waals surface area contributed by atoms with E-state index < -0.39 is 0 Å². The van der Waals surface area contributed by atoms with Crippen molar-refractivity contribution in [2.24, 2.45) is 0 Å². The van der Waals surface area contributed by atoms with Gasteiger partial charge in [0.05, 0.1) is 0 Å². The highest BCUT2D eigenvalue weighted by molar-refractivity contribution is 7.71. The van der Waals surface area contributed by atoms with Gasteiger partial charge in [0.2, 0.25) is 0 Å². The van der Waals surface area contributed by atoms with Crippen LogP contribution in [0.25, 0.3) is 0 Å². The minimum atomic E-state index is 0.819. The average molecular weight is 180 g/mol. The van der Waals surface area contributed by atoms with E-state index >= 15 is 0 Å². The van der Waals surface area contributed by atoms with E-state index in [1.165, 1.54) is 18.7 Å². The lowest BCUT2D eigenvalue weighted by Crippen LogP contribution is -2.18. The summed E-state index contributed by atoms with van der Waals surface area (Å²) in [5.74, 6) is 1.17. The van der Waals surface area contributed by atoms with Gasteiger partial charge in [0.15, 0.2) is 0 Å². The van der Waals surface area contributed by atoms with Crippen molar-refractivity contribution in [2.75, 3.05) is 18.0 Å². The normalized spacial score (nSPS) is 16.8. The lowest BCUT2D eigenvalue weighted by molar-refractivity contribution is 0.935. The molecule has 0 radical (unpaired) electrons. The maximum absolute atomic E-state index is 5.05. The summed E-state index contributed by atoms with van der Waals surface area (Å²) in [5.41, 5.74) is 0. The number of aromatic nitrogens is 1. The van der Waals surface area contributed by atoms with E-state index in [-0.39, 0.29) is 0 Å². The number of rotatable bonds is 1. The maximum Gasteiger partial charge on any atom is 0.106 e. The number of nitrogens with zero attached hydrogens (tertiary/aromatic N) is 1. The predicted molar refractivity (Wildman–Crippen MR) is 53.1 cm³/mol. The predicted octanol–water partition coefficient (Wildman–Crippen LogP) is 2.34. The zero-order valence-corrected chi connectivity index (χ0v) is 7.73. The summed E-state index contributed by atoms with van der Waals surface area (Å²) >= 11 is 5.05. The highest BCUT2D eigenvalue weighted by Gasteiger charge is 2.11. The van der Waals surface area contributed by atoms with Gasteiger partial charge < -0.3 is 9.88 Å². The van der Waals surface area contributed by atoms with Crippen molar-refractivity contribution in [3.63, 3.8) is 0 Å². The Labute approximate surface area is 77.2 Å². The molecule has 0 unspecified atom stereocenters. The Morgan fingerprint density at radius 3 is 2.67 bits per heavy atom. The Morgan fingerprint density at radius 1 is 1.25 bits per heavy atom. The molecule has 0 bridgehead atoms. The molecule has 0 aliphatic carbocycles. The molecule has 1 N–H and O–H groups in total. The molecule has 12 heavy (non-hydrogen) atoms. The van der Waals surface area contributed by atoms with Crippen LogP contribution < -0.4 is 4.90 Å². The maximum atomic E-state index is 5.05. The van der Waals surface area contributed by atoms with Gasteiger partial charge in [-0.3, -0.25) is 0 Å². The van der Waals surface area contributed by atoms with E-state index in [2.05, 4.69) is 16.0 Å². The van der Waals surface area contributed by atoms with Crippen LogP contribution in [0.3, 0.4) is 0 Å². The summed E-state index contributed by atoms with van der Waals surface area (Å²) in [6, 6.07) is 6.00. The molecule has 3 heteroatoms. The summed E-state index contributed by atoms with van der Waals surface area (Å²) in [6.07, 6.45) is 2.60. The first kappa shape index (κ1) is 7.80. The number of nitrogens with one attached hydrogen (secondary N) is 1. The smallest absolute Gasteiger partial charge is 0.106 e. The van der Waals surface area contributed by atoms with Gasteiger partial charge >= 0.3 is 0 Å². The molecular weight excluding hydrogens is 168 g/mol. The molecule has 0 saturated carbocycles. The van der Waals surface area contributed by atoms with E-state index in [0.717, 1.165) is 17.7 Å². The molecule has 1 aliphatic rings. The Bertz CT molecular complexity index is 312. The fourth-order valence-electron chi connectivity index (χ4n) is 1.58. The molecule has 64 valence electrons. The molecule has 1 aromatic heterocycles. The van der Waals surface area contributed by atoms with Crippen molar-refractivity contribution in [1.82, 2.24) is 4.98 Å². The average Bonchev–Trinajstić information content (AvgIpc) is 2.56. The second kappa shape index (κ2) is 3.27. The lowest BCUT2D eigenvalue weighted by atomic mass is 10.4. The fourth-order valence-corrected chi connectivity index (χ4v) is 1.76. The van der Waals surface area contributed by atoms with Crippen LogP contribution in [0.2, 0.25) is 0 Å². The van der Waals surface area contributed by atoms with E-state index in [1.54, 1.807) is 0 Å². The quantitative estimate of drug-likeness (QED) is 0.669. The van der Waals surface area contributed by atoms with Crippen LogP contribution in [-0.2, 0) is 0 Å². The zero-order chi connectivity index (χ0) is 8.39. The topological polar surface area (TPSA) is 19.0 Å². The molecule has 1 fully saturated rings. The van der Waals surface area contributed by atoms with Gasteiger partial charge in [0.1, 0.15) is 10.5 Å². The fraction of sp³-hybridized carbons (Fsp3) is 0.444. The second-order valence-electron chi connectivity index (χ2n) is 3.09. The van der Waals surface area contributed by atoms with Crippen LogP contribution in [0.15, 0.2) is 18.2 Å². The first-order valence-electron chi connectivity index (χ1n) is 4.30. The SMILES string of the molecule is S=c1cccc(N2CCCC2)[nH]1. The molecule has 0 atom stereocenters. The Kier molecular flexibility index (Phi) is 2.13. The number of anilines is 1. The monoisotopic (exact) mass is 180 g/mol. The molecular formula is C9H12N2S. The Balaban J connectivity index is 2.27. The summed E-state index contributed by atoms with van der Waals surface area (Å²) in [5, 5.41) is 0. The number of aromatic amines is 1. The molecule has 0 amide bonds. The van der Waals surface area contributed by atoms with Crippen LogP contribution in [0, 0.1) is 4.64 Å². The number of H-pyrrole nitrogens is 1. The van der Waals surface area contributed by atoms with Crippen molar-refractivity contribution >= 4 is 18.0 Å². The number of hydrogen-bond acceptors (Lipinski definition) is 2. The van der Waals surface area contributed by atoms with Gasteiger partial charge in [0, 0.05) is 13.1 Å². The Morgan fingerprint density at radius 2 is 2.00 bits per heavy atom. The van der Waals surface area contributed by atoms with Gasteiger partial charge in [-0.1, -0.05) is 18.3 Å². The van der Waals surface area contributed by atoms with Gasteiger partial charge in [-0.05, 0) is 25.0 Å². The summed E-state index contributed by atoms with van der Waals surface area (Å²) in [7, 11) is 0. The van der Waals surface area contributed by atoms with E-state index in [1.807, 2.05) is 12.1 Å². The molecule has 1 saturated heterocycles. The van der Waals surface area contributed by atoms with Crippen LogP contribution in [0.5, 0.6) is 0 Å². The first-order valence-corrected chi connectivity index (χ1v) is 4.71. The third-order valence-corrected chi connectivity index (χ3v) is 2.44. The highest BCUT2D eigenvalue weighted by atomic mass is 32.1. The van der Waals surface area contributed by atoms with Gasteiger partial charge in [-0.25, -0.2) is 0 Å². The van der Waals surface area contributed by atoms with Crippen LogP contribution in [0.4, 0.5) is 5.82 Å². The molecule has 1 aliphatic heterocycles. The zero-order valence-electron chi connectivity index (χ0n) is 6.92. The van der Waals surface area contributed by atoms with Gasteiger partial charge in [0.25, 0.3) is 0 Å². The molecule has 0 spiro atoms. The van der Waals surface area contributed by atoms with E-state index in [9.17, 15) is 0 Å². The van der Waals surface area contributed by atoms with Crippen molar-refractivity contribution in [3.8, 4) is 0 Å². The first-order chi connectivity index (χ1) is 5.86. The third kappa shape index (κ3) is 1.50. The molecule has 2 rings (SSSR count). The second-order valence-corrected chi connectivity index (χ2v) is 3.53. The van der Waals surface area contributed by atoms with Gasteiger partial charge in [-0.2, -0.15) is 0 Å². The third-order valence-electron chi connectivity index (χ3n) is 2.20. The summed E-state index contributed by atoms with van der Waals surface area (Å²) in [6.45, 7) is 2.32. The van der Waals surface area contributed by atoms with E-state index in [0.29, 0.717) is 0 Å². The summed E-state index contributed by atoms with van der Waals surface area (Å²) < 4.78 is 0.819. The largest absolute Gasteiger partial charge is 0.358 e. The van der Waals surface area contributed by atoms with Crippen molar-refractivity contribution in [2.45, 2.75) is 12.8 Å². The number of pyridine rings is 1.